The minimum Gasteiger partial charge on any atom is -0.325 e. The van der Waals surface area contributed by atoms with Crippen molar-refractivity contribution in [3.63, 3.8) is 0 Å². The summed E-state index contributed by atoms with van der Waals surface area (Å²) in [6.45, 7) is 1.91. The second-order valence-corrected chi connectivity index (χ2v) is 5.21. The summed E-state index contributed by atoms with van der Waals surface area (Å²) in [5, 5.41) is 5.54. The van der Waals surface area contributed by atoms with Crippen molar-refractivity contribution in [1.29, 1.82) is 0 Å². The van der Waals surface area contributed by atoms with Crippen LogP contribution in [0.5, 0.6) is 0 Å². The van der Waals surface area contributed by atoms with Crippen molar-refractivity contribution in [2.24, 2.45) is 5.73 Å². The molecule has 0 radical (unpaired) electrons. The highest BCUT2D eigenvalue weighted by Gasteiger charge is 2.07. The summed E-state index contributed by atoms with van der Waals surface area (Å²) in [6, 6.07) is 15.0. The normalized spacial score (nSPS) is 10.6. The van der Waals surface area contributed by atoms with Gasteiger partial charge in [-0.05, 0) is 35.8 Å². The van der Waals surface area contributed by atoms with Gasteiger partial charge in [0.05, 0.1) is 6.54 Å². The van der Waals surface area contributed by atoms with Gasteiger partial charge in [0.25, 0.3) is 0 Å². The fourth-order valence-electron chi connectivity index (χ4n) is 2.20. The van der Waals surface area contributed by atoms with E-state index in [-0.39, 0.29) is 18.4 Å². The van der Waals surface area contributed by atoms with Gasteiger partial charge in [0, 0.05) is 17.5 Å². The van der Waals surface area contributed by atoms with E-state index in [1.54, 1.807) is 12.1 Å². The summed E-state index contributed by atoms with van der Waals surface area (Å²) in [5.41, 5.74) is 8.54. The first-order chi connectivity index (χ1) is 11.6. The number of hydrogen-bond acceptors (Lipinski definition) is 3. The average Bonchev–Trinajstić information content (AvgIpc) is 2.61. The fourth-order valence-corrected chi connectivity index (χ4v) is 2.20. The van der Waals surface area contributed by atoms with Gasteiger partial charge in [0.2, 0.25) is 11.8 Å². The van der Waals surface area contributed by atoms with Crippen LogP contribution in [-0.2, 0) is 16.0 Å². The van der Waals surface area contributed by atoms with Crippen molar-refractivity contribution in [3.8, 4) is 0 Å². The van der Waals surface area contributed by atoms with E-state index in [1.807, 2.05) is 49.4 Å². The molecular formula is C19H21N3O2. The molecule has 124 valence electrons. The molecule has 0 fully saturated rings. The molecule has 0 spiro atoms. The Hall–Kier alpha value is -2.92. The van der Waals surface area contributed by atoms with Crippen LogP contribution in [0.1, 0.15) is 18.1 Å². The summed E-state index contributed by atoms with van der Waals surface area (Å²) in [6.07, 6.45) is 3.98. The molecule has 0 aliphatic heterocycles. The van der Waals surface area contributed by atoms with E-state index in [0.717, 1.165) is 17.5 Å². The van der Waals surface area contributed by atoms with Gasteiger partial charge in [-0.2, -0.15) is 0 Å². The van der Waals surface area contributed by atoms with Crippen LogP contribution < -0.4 is 16.4 Å². The van der Waals surface area contributed by atoms with Gasteiger partial charge in [0.1, 0.15) is 0 Å². The van der Waals surface area contributed by atoms with Gasteiger partial charge in [-0.1, -0.05) is 43.3 Å². The van der Waals surface area contributed by atoms with E-state index in [9.17, 15) is 9.59 Å². The predicted octanol–water partition coefficient (Wildman–Crippen LogP) is 2.80. The highest BCUT2D eigenvalue weighted by atomic mass is 16.2. The minimum atomic E-state index is -0.267. The quantitative estimate of drug-likeness (QED) is 0.715. The molecule has 0 heterocycles. The van der Waals surface area contributed by atoms with Crippen molar-refractivity contribution in [2.45, 2.75) is 13.3 Å². The number of nitrogens with one attached hydrogen (secondary N) is 2. The monoisotopic (exact) mass is 323 g/mol. The van der Waals surface area contributed by atoms with E-state index < -0.39 is 0 Å². The molecule has 5 heteroatoms. The number of benzene rings is 2. The predicted molar refractivity (Wildman–Crippen MR) is 97.6 cm³/mol. The van der Waals surface area contributed by atoms with Crippen LogP contribution in [0.2, 0.25) is 0 Å². The molecule has 4 N–H and O–H groups in total. The summed E-state index contributed by atoms with van der Waals surface area (Å²) >= 11 is 0. The lowest BCUT2D eigenvalue weighted by molar-refractivity contribution is -0.115. The Balaban J connectivity index is 2.08. The van der Waals surface area contributed by atoms with Crippen molar-refractivity contribution in [1.82, 2.24) is 0 Å². The Labute approximate surface area is 141 Å². The summed E-state index contributed by atoms with van der Waals surface area (Å²) in [4.78, 5) is 23.5. The van der Waals surface area contributed by atoms with Gasteiger partial charge < -0.3 is 16.4 Å². The third kappa shape index (κ3) is 5.07. The lowest BCUT2D eigenvalue weighted by Crippen LogP contribution is -2.22. The number of hydrogen-bond donors (Lipinski definition) is 3. The fraction of sp³-hybridized carbons (Fsp3) is 0.158. The van der Waals surface area contributed by atoms with Crippen LogP contribution in [0, 0.1) is 0 Å². The molecule has 2 amide bonds. The highest BCUT2D eigenvalue weighted by Crippen LogP contribution is 2.21. The Kier molecular flexibility index (Phi) is 6.28. The third-order valence-electron chi connectivity index (χ3n) is 3.44. The van der Waals surface area contributed by atoms with E-state index in [0.29, 0.717) is 11.4 Å². The molecule has 2 rings (SSSR count). The van der Waals surface area contributed by atoms with Crippen LogP contribution in [0.15, 0.2) is 54.6 Å². The van der Waals surface area contributed by atoms with Crippen molar-refractivity contribution in [2.75, 3.05) is 17.2 Å². The van der Waals surface area contributed by atoms with Crippen LogP contribution in [-0.4, -0.2) is 18.4 Å². The SMILES string of the molecule is CCc1ccc(NC(=O)/C=C/c2ccccc2)cc1NC(=O)CN. The third-order valence-corrected chi connectivity index (χ3v) is 3.44. The highest BCUT2D eigenvalue weighted by molar-refractivity contribution is 6.02. The van der Waals surface area contributed by atoms with E-state index in [4.69, 9.17) is 5.73 Å². The maximum absolute atomic E-state index is 12.0. The van der Waals surface area contributed by atoms with Gasteiger partial charge >= 0.3 is 0 Å². The lowest BCUT2D eigenvalue weighted by atomic mass is 10.1. The molecule has 0 bridgehead atoms. The molecule has 24 heavy (non-hydrogen) atoms. The number of amides is 2. The number of rotatable bonds is 6. The smallest absolute Gasteiger partial charge is 0.248 e. The van der Waals surface area contributed by atoms with Crippen molar-refractivity contribution >= 4 is 29.3 Å². The van der Waals surface area contributed by atoms with Crippen molar-refractivity contribution in [3.05, 3.63) is 65.7 Å². The average molecular weight is 323 g/mol. The second-order valence-electron chi connectivity index (χ2n) is 5.21. The van der Waals surface area contributed by atoms with Gasteiger partial charge in [-0.3, -0.25) is 9.59 Å². The summed E-state index contributed by atoms with van der Waals surface area (Å²) < 4.78 is 0. The van der Waals surface area contributed by atoms with Crippen LogP contribution in [0.25, 0.3) is 6.08 Å². The maximum atomic E-state index is 12.0. The first-order valence-corrected chi connectivity index (χ1v) is 7.79. The Morgan fingerprint density at radius 2 is 1.83 bits per heavy atom. The topological polar surface area (TPSA) is 84.2 Å². The molecule has 0 saturated carbocycles. The molecule has 0 aliphatic carbocycles. The maximum Gasteiger partial charge on any atom is 0.248 e. The zero-order valence-electron chi connectivity index (χ0n) is 13.6. The number of carbonyl (C=O) groups is 2. The zero-order valence-corrected chi connectivity index (χ0v) is 13.6. The minimum absolute atomic E-state index is 0.0838. The van der Waals surface area contributed by atoms with Crippen LogP contribution in [0.3, 0.4) is 0 Å². The molecule has 0 atom stereocenters. The van der Waals surface area contributed by atoms with E-state index in [1.165, 1.54) is 6.08 Å². The summed E-state index contributed by atoms with van der Waals surface area (Å²) in [5.74, 6) is -0.503. The molecule has 0 unspecified atom stereocenters. The zero-order chi connectivity index (χ0) is 17.4. The molecule has 5 nitrogen and oxygen atoms in total. The van der Waals surface area contributed by atoms with Crippen LogP contribution >= 0.6 is 0 Å². The van der Waals surface area contributed by atoms with Gasteiger partial charge in [-0.25, -0.2) is 0 Å². The van der Waals surface area contributed by atoms with Crippen molar-refractivity contribution < 1.29 is 9.59 Å². The summed E-state index contributed by atoms with van der Waals surface area (Å²) in [7, 11) is 0. The van der Waals surface area contributed by atoms with E-state index >= 15 is 0 Å². The number of nitrogens with two attached hydrogens (primary N) is 1. The first kappa shape index (κ1) is 17.4. The molecule has 0 aliphatic rings. The molecular weight excluding hydrogens is 302 g/mol. The molecule has 2 aromatic rings. The lowest BCUT2D eigenvalue weighted by Gasteiger charge is -2.12. The Bertz CT molecular complexity index is 740. The number of anilines is 2. The molecule has 0 saturated heterocycles. The first-order valence-electron chi connectivity index (χ1n) is 7.79. The van der Waals surface area contributed by atoms with Crippen LogP contribution in [0.4, 0.5) is 11.4 Å². The standard InChI is InChI=1S/C19H21N3O2/c1-2-15-9-10-16(12-17(15)22-19(24)13-20)21-18(23)11-8-14-6-4-3-5-7-14/h3-12H,2,13,20H2,1H3,(H,21,23)(H,22,24)/b11-8+. The molecule has 0 aromatic heterocycles. The van der Waals surface area contributed by atoms with Gasteiger partial charge in [0.15, 0.2) is 0 Å². The number of carbonyl (C=O) groups excluding carboxylic acids is 2. The number of aryl methyl sites for hydroxylation is 1. The Morgan fingerprint density at radius 3 is 2.50 bits per heavy atom. The Morgan fingerprint density at radius 1 is 1.08 bits per heavy atom. The second kappa shape index (κ2) is 8.64. The molecule has 2 aromatic carbocycles. The van der Waals surface area contributed by atoms with Gasteiger partial charge in [-0.15, -0.1) is 0 Å². The van der Waals surface area contributed by atoms with E-state index in [2.05, 4.69) is 10.6 Å². The largest absolute Gasteiger partial charge is 0.325 e.